The Morgan fingerprint density at radius 1 is 0.929 bits per heavy atom. The summed E-state index contributed by atoms with van der Waals surface area (Å²) in [6.07, 6.45) is 0. The monoisotopic (exact) mass is 378 g/mol. The van der Waals surface area contributed by atoms with E-state index in [9.17, 15) is 13.6 Å². The minimum absolute atomic E-state index is 0.142. The number of rotatable bonds is 4. The van der Waals surface area contributed by atoms with Gasteiger partial charge in [-0.1, -0.05) is 36.4 Å². The van der Waals surface area contributed by atoms with Crippen LogP contribution in [-0.4, -0.2) is 0 Å². The highest BCUT2D eigenvalue weighted by atomic mass is 19.1. The summed E-state index contributed by atoms with van der Waals surface area (Å²) in [6, 6.07) is 17.7. The van der Waals surface area contributed by atoms with Gasteiger partial charge in [-0.3, -0.25) is 4.79 Å². The molecule has 3 aromatic carbocycles. The molecule has 0 N–H and O–H groups in total. The highest BCUT2D eigenvalue weighted by Crippen LogP contribution is 2.27. The Morgan fingerprint density at radius 3 is 2.36 bits per heavy atom. The van der Waals surface area contributed by atoms with Crippen molar-refractivity contribution in [3.8, 4) is 16.9 Å². The lowest BCUT2D eigenvalue weighted by Crippen LogP contribution is -2.08. The maximum absolute atomic E-state index is 13.7. The summed E-state index contributed by atoms with van der Waals surface area (Å²) in [4.78, 5) is 12.9. The second-order valence-electron chi connectivity index (χ2n) is 6.38. The number of benzene rings is 3. The third-order valence-electron chi connectivity index (χ3n) is 4.55. The van der Waals surface area contributed by atoms with Gasteiger partial charge in [-0.25, -0.2) is 8.78 Å². The van der Waals surface area contributed by atoms with Gasteiger partial charge in [-0.2, -0.15) is 0 Å². The molecule has 0 aliphatic rings. The molecule has 3 nitrogen and oxygen atoms in total. The van der Waals surface area contributed by atoms with Crippen molar-refractivity contribution in [1.82, 2.24) is 0 Å². The van der Waals surface area contributed by atoms with E-state index in [-0.39, 0.29) is 17.6 Å². The van der Waals surface area contributed by atoms with Crippen molar-refractivity contribution in [3.05, 3.63) is 99.9 Å². The van der Waals surface area contributed by atoms with Crippen molar-refractivity contribution in [2.24, 2.45) is 0 Å². The zero-order valence-corrected chi connectivity index (χ0v) is 15.0. The van der Waals surface area contributed by atoms with Crippen molar-refractivity contribution >= 4 is 11.0 Å². The third kappa shape index (κ3) is 3.27. The first-order valence-electron chi connectivity index (χ1n) is 8.73. The Labute approximate surface area is 159 Å². The fourth-order valence-electron chi connectivity index (χ4n) is 3.14. The van der Waals surface area contributed by atoms with E-state index in [0.717, 1.165) is 5.56 Å². The average Bonchev–Trinajstić information content (AvgIpc) is 2.68. The molecule has 0 unspecified atom stereocenters. The Bertz CT molecular complexity index is 1190. The lowest BCUT2D eigenvalue weighted by atomic mass is 10.0. The summed E-state index contributed by atoms with van der Waals surface area (Å²) >= 11 is 0. The van der Waals surface area contributed by atoms with E-state index in [4.69, 9.17) is 9.15 Å². The summed E-state index contributed by atoms with van der Waals surface area (Å²) in [6.45, 7) is 1.46. The molecule has 1 aromatic heterocycles. The standard InChI is InChI=1S/C23H16F2O3/c1-14-22(15-6-3-2-4-7-15)23(26)17-11-10-16(12-21(17)28-14)27-13-18-19(24)8-5-9-20(18)25/h2-12H,13H2,1H3. The molecule has 4 aromatic rings. The molecule has 28 heavy (non-hydrogen) atoms. The molecule has 0 bridgehead atoms. The first-order chi connectivity index (χ1) is 13.5. The van der Waals surface area contributed by atoms with E-state index < -0.39 is 11.6 Å². The molecule has 1 heterocycles. The van der Waals surface area contributed by atoms with Gasteiger partial charge in [0.1, 0.15) is 35.3 Å². The molecular formula is C23H16F2O3. The van der Waals surface area contributed by atoms with Gasteiger partial charge in [0, 0.05) is 6.07 Å². The molecule has 0 aliphatic heterocycles. The van der Waals surface area contributed by atoms with Gasteiger partial charge in [-0.15, -0.1) is 0 Å². The van der Waals surface area contributed by atoms with Crippen LogP contribution in [0.1, 0.15) is 11.3 Å². The maximum atomic E-state index is 13.7. The summed E-state index contributed by atoms with van der Waals surface area (Å²) in [5.41, 5.74) is 1.35. The minimum atomic E-state index is -0.671. The van der Waals surface area contributed by atoms with Crippen LogP contribution in [0.4, 0.5) is 8.78 Å². The van der Waals surface area contributed by atoms with E-state index >= 15 is 0 Å². The van der Waals surface area contributed by atoms with E-state index in [1.54, 1.807) is 25.1 Å². The zero-order chi connectivity index (χ0) is 19.7. The largest absolute Gasteiger partial charge is 0.489 e. The Kier molecular flexibility index (Phi) is 4.65. The number of ether oxygens (including phenoxy) is 1. The summed E-state index contributed by atoms with van der Waals surface area (Å²) in [7, 11) is 0. The predicted molar refractivity (Wildman–Crippen MR) is 103 cm³/mol. The van der Waals surface area contributed by atoms with Crippen LogP contribution in [0, 0.1) is 18.6 Å². The number of halogens is 2. The lowest BCUT2D eigenvalue weighted by molar-refractivity contribution is 0.292. The molecule has 140 valence electrons. The molecular weight excluding hydrogens is 362 g/mol. The quantitative estimate of drug-likeness (QED) is 0.462. The van der Waals surface area contributed by atoms with Crippen LogP contribution in [0.15, 0.2) is 75.9 Å². The van der Waals surface area contributed by atoms with Gasteiger partial charge in [-0.05, 0) is 36.8 Å². The van der Waals surface area contributed by atoms with Crippen LogP contribution >= 0.6 is 0 Å². The zero-order valence-electron chi connectivity index (χ0n) is 15.0. The smallest absolute Gasteiger partial charge is 0.200 e. The van der Waals surface area contributed by atoms with Gasteiger partial charge in [0.2, 0.25) is 5.43 Å². The van der Waals surface area contributed by atoms with Crippen molar-refractivity contribution in [3.63, 3.8) is 0 Å². The topological polar surface area (TPSA) is 39.4 Å². The van der Waals surface area contributed by atoms with Crippen molar-refractivity contribution < 1.29 is 17.9 Å². The minimum Gasteiger partial charge on any atom is -0.489 e. The molecule has 0 saturated heterocycles. The maximum Gasteiger partial charge on any atom is 0.200 e. The fraction of sp³-hybridized carbons (Fsp3) is 0.0870. The third-order valence-corrected chi connectivity index (χ3v) is 4.55. The predicted octanol–water partition coefficient (Wildman–Crippen LogP) is 5.63. The van der Waals surface area contributed by atoms with Gasteiger partial charge < -0.3 is 9.15 Å². The van der Waals surface area contributed by atoms with Crippen LogP contribution in [-0.2, 0) is 6.61 Å². The molecule has 0 fully saturated rings. The number of aryl methyl sites for hydroxylation is 1. The van der Waals surface area contributed by atoms with Gasteiger partial charge in [0.25, 0.3) is 0 Å². The van der Waals surface area contributed by atoms with Crippen molar-refractivity contribution in [1.29, 1.82) is 0 Å². The highest BCUT2D eigenvalue weighted by molar-refractivity contribution is 5.83. The first kappa shape index (κ1) is 17.9. The lowest BCUT2D eigenvalue weighted by Gasteiger charge is -2.10. The Hall–Kier alpha value is -3.47. The molecule has 4 rings (SSSR count). The van der Waals surface area contributed by atoms with E-state index in [1.165, 1.54) is 18.2 Å². The fourth-order valence-corrected chi connectivity index (χ4v) is 3.14. The Morgan fingerprint density at radius 2 is 1.64 bits per heavy atom. The second kappa shape index (κ2) is 7.27. The van der Waals surface area contributed by atoms with Crippen LogP contribution in [0.25, 0.3) is 22.1 Å². The summed E-state index contributed by atoms with van der Waals surface area (Å²) in [5, 5.41) is 0.411. The Balaban J connectivity index is 1.70. The molecule has 0 radical (unpaired) electrons. The summed E-state index contributed by atoms with van der Waals surface area (Å²) < 4.78 is 38.8. The van der Waals surface area contributed by atoms with Gasteiger partial charge in [0.05, 0.1) is 16.5 Å². The van der Waals surface area contributed by atoms with Gasteiger partial charge in [0.15, 0.2) is 0 Å². The highest BCUT2D eigenvalue weighted by Gasteiger charge is 2.14. The van der Waals surface area contributed by atoms with E-state index in [2.05, 4.69) is 0 Å². The number of fused-ring (bicyclic) bond motifs is 1. The molecule has 5 heteroatoms. The molecule has 0 amide bonds. The molecule has 0 saturated carbocycles. The molecule has 0 atom stereocenters. The molecule has 0 aliphatic carbocycles. The van der Waals surface area contributed by atoms with Crippen LogP contribution in [0.5, 0.6) is 5.75 Å². The average molecular weight is 378 g/mol. The van der Waals surface area contributed by atoms with Crippen LogP contribution in [0.3, 0.4) is 0 Å². The second-order valence-corrected chi connectivity index (χ2v) is 6.38. The number of hydrogen-bond acceptors (Lipinski definition) is 3. The van der Waals surface area contributed by atoms with Crippen LogP contribution < -0.4 is 10.2 Å². The van der Waals surface area contributed by atoms with Gasteiger partial charge >= 0.3 is 0 Å². The van der Waals surface area contributed by atoms with E-state index in [0.29, 0.717) is 28.0 Å². The summed E-state index contributed by atoms with van der Waals surface area (Å²) in [5.74, 6) is -0.502. The normalized spacial score (nSPS) is 11.0. The SMILES string of the molecule is Cc1oc2cc(OCc3c(F)cccc3F)ccc2c(=O)c1-c1ccccc1. The first-order valence-corrected chi connectivity index (χ1v) is 8.73. The molecule has 0 spiro atoms. The van der Waals surface area contributed by atoms with Crippen molar-refractivity contribution in [2.45, 2.75) is 13.5 Å². The number of hydrogen-bond donors (Lipinski definition) is 0. The van der Waals surface area contributed by atoms with E-state index in [1.807, 2.05) is 30.3 Å². The van der Waals surface area contributed by atoms with Crippen molar-refractivity contribution in [2.75, 3.05) is 0 Å². The van der Waals surface area contributed by atoms with Crippen LogP contribution in [0.2, 0.25) is 0 Å².